The van der Waals surface area contributed by atoms with Gasteiger partial charge in [0.25, 0.3) is 0 Å². The molecular weight excluding hydrogens is 310 g/mol. The summed E-state index contributed by atoms with van der Waals surface area (Å²) in [6.45, 7) is 6.76. The molecule has 1 aromatic heterocycles. The van der Waals surface area contributed by atoms with Crippen molar-refractivity contribution in [1.82, 2.24) is 9.97 Å². The summed E-state index contributed by atoms with van der Waals surface area (Å²) in [6.07, 6.45) is 2.49. The summed E-state index contributed by atoms with van der Waals surface area (Å²) in [4.78, 5) is 11.7. The molecule has 98 valence electrons. The monoisotopic (exact) mass is 327 g/mol. The van der Waals surface area contributed by atoms with Gasteiger partial charge in [-0.3, -0.25) is 0 Å². The summed E-state index contributed by atoms with van der Waals surface area (Å²) in [5.41, 5.74) is 0. The van der Waals surface area contributed by atoms with Crippen LogP contribution >= 0.6 is 27.7 Å². The van der Waals surface area contributed by atoms with Gasteiger partial charge in [0.1, 0.15) is 16.2 Å². The molecule has 18 heavy (non-hydrogen) atoms. The predicted molar refractivity (Wildman–Crippen MR) is 80.5 cm³/mol. The third-order valence-corrected chi connectivity index (χ3v) is 5.09. The van der Waals surface area contributed by atoms with Gasteiger partial charge in [-0.15, -0.1) is 0 Å². The molecule has 0 bridgehead atoms. The van der Waals surface area contributed by atoms with Gasteiger partial charge in [-0.25, -0.2) is 9.97 Å². The van der Waals surface area contributed by atoms with Gasteiger partial charge in [-0.05, 0) is 42.6 Å². The number of thioether (sulfide) groups is 1. The van der Waals surface area contributed by atoms with Crippen molar-refractivity contribution in [2.24, 2.45) is 0 Å². The van der Waals surface area contributed by atoms with Crippen molar-refractivity contribution in [3.8, 4) is 0 Å². The highest BCUT2D eigenvalue weighted by atomic mass is 79.9. The summed E-state index contributed by atoms with van der Waals surface area (Å²) in [5, 5.41) is 0. The van der Waals surface area contributed by atoms with Crippen molar-refractivity contribution < 1.29 is 0 Å². The molecule has 3 rings (SSSR count). The van der Waals surface area contributed by atoms with Gasteiger partial charge in [0.05, 0.1) is 0 Å². The predicted octanol–water partition coefficient (Wildman–Crippen LogP) is 3.45. The van der Waals surface area contributed by atoms with Crippen molar-refractivity contribution in [3.05, 3.63) is 16.5 Å². The van der Waals surface area contributed by atoms with Crippen LogP contribution in [0.3, 0.4) is 0 Å². The second-order valence-corrected chi connectivity index (χ2v) is 8.33. The lowest BCUT2D eigenvalue weighted by Crippen LogP contribution is -2.43. The van der Waals surface area contributed by atoms with Crippen LogP contribution in [-0.4, -0.2) is 33.6 Å². The van der Waals surface area contributed by atoms with Crippen molar-refractivity contribution in [3.63, 3.8) is 0 Å². The first kappa shape index (κ1) is 12.7. The molecule has 0 atom stereocenters. The topological polar surface area (TPSA) is 29.0 Å². The fraction of sp³-hybridized carbons (Fsp3) is 0.692. The zero-order chi connectivity index (χ0) is 12.8. The molecule has 0 amide bonds. The smallest absolute Gasteiger partial charge is 0.135 e. The first-order chi connectivity index (χ1) is 8.53. The highest BCUT2D eigenvalue weighted by Gasteiger charge is 2.30. The van der Waals surface area contributed by atoms with Crippen LogP contribution in [0.4, 0.5) is 5.82 Å². The van der Waals surface area contributed by atoms with E-state index in [0.717, 1.165) is 29.3 Å². The average Bonchev–Trinajstić information content (AvgIpc) is 3.10. The number of aromatic nitrogens is 2. The van der Waals surface area contributed by atoms with Gasteiger partial charge >= 0.3 is 0 Å². The third-order valence-electron chi connectivity index (χ3n) is 3.39. The van der Waals surface area contributed by atoms with E-state index in [1.54, 1.807) is 0 Å². The van der Waals surface area contributed by atoms with Gasteiger partial charge in [0.15, 0.2) is 0 Å². The fourth-order valence-electron chi connectivity index (χ4n) is 2.32. The number of nitrogens with zero attached hydrogens (tertiary/aromatic N) is 3. The first-order valence-corrected chi connectivity index (χ1v) is 8.25. The number of hydrogen-bond donors (Lipinski definition) is 0. The second-order valence-electron chi connectivity index (χ2n) is 5.71. The highest BCUT2D eigenvalue weighted by Crippen LogP contribution is 2.39. The van der Waals surface area contributed by atoms with Gasteiger partial charge in [0, 0.05) is 35.6 Å². The second kappa shape index (κ2) is 4.67. The van der Waals surface area contributed by atoms with Crippen molar-refractivity contribution >= 4 is 33.5 Å². The molecule has 0 unspecified atom stereocenters. The van der Waals surface area contributed by atoms with Gasteiger partial charge in [0.2, 0.25) is 0 Å². The van der Waals surface area contributed by atoms with E-state index in [1.165, 1.54) is 18.6 Å². The lowest BCUT2D eigenvalue weighted by atomic mass is 10.2. The molecule has 2 aliphatic rings. The molecule has 5 heteroatoms. The van der Waals surface area contributed by atoms with Gasteiger partial charge in [-0.1, -0.05) is 0 Å². The Balaban J connectivity index is 1.86. The molecule has 1 saturated carbocycles. The molecule has 0 spiro atoms. The lowest BCUT2D eigenvalue weighted by Gasteiger charge is -2.38. The van der Waals surface area contributed by atoms with Gasteiger partial charge in [-0.2, -0.15) is 11.8 Å². The van der Waals surface area contributed by atoms with Crippen LogP contribution in [0.5, 0.6) is 0 Å². The SMILES string of the molecule is CC1(C)CN(c2cc(Br)nc(C3CC3)n2)CCS1. The molecule has 0 radical (unpaired) electrons. The Morgan fingerprint density at radius 3 is 2.83 bits per heavy atom. The molecule has 2 heterocycles. The van der Waals surface area contributed by atoms with E-state index in [2.05, 4.69) is 45.7 Å². The van der Waals surface area contributed by atoms with E-state index >= 15 is 0 Å². The Labute approximate surface area is 121 Å². The molecule has 1 aliphatic heterocycles. The Morgan fingerprint density at radius 1 is 1.39 bits per heavy atom. The van der Waals surface area contributed by atoms with Crippen molar-refractivity contribution in [2.45, 2.75) is 37.4 Å². The van der Waals surface area contributed by atoms with Gasteiger partial charge < -0.3 is 4.90 Å². The molecule has 1 saturated heterocycles. The van der Waals surface area contributed by atoms with E-state index in [0.29, 0.717) is 10.7 Å². The summed E-state index contributed by atoms with van der Waals surface area (Å²) < 4.78 is 1.24. The van der Waals surface area contributed by atoms with Crippen LogP contribution in [0.1, 0.15) is 38.4 Å². The highest BCUT2D eigenvalue weighted by molar-refractivity contribution is 9.10. The molecule has 0 aromatic carbocycles. The number of anilines is 1. The number of hydrogen-bond acceptors (Lipinski definition) is 4. The van der Waals surface area contributed by atoms with E-state index in [-0.39, 0.29) is 0 Å². The number of halogens is 1. The van der Waals surface area contributed by atoms with Crippen LogP contribution in [0.2, 0.25) is 0 Å². The Bertz CT molecular complexity index is 460. The summed E-state index contributed by atoms with van der Waals surface area (Å²) in [7, 11) is 0. The fourth-order valence-corrected chi connectivity index (χ4v) is 3.82. The third kappa shape index (κ3) is 2.82. The maximum Gasteiger partial charge on any atom is 0.135 e. The Kier molecular flexibility index (Phi) is 3.30. The van der Waals surface area contributed by atoms with Crippen molar-refractivity contribution in [2.75, 3.05) is 23.7 Å². The standard InChI is InChI=1S/C13H18BrN3S/c1-13(2)8-17(5-6-18-13)11-7-10(14)15-12(16-11)9-3-4-9/h7,9H,3-6,8H2,1-2H3. The lowest BCUT2D eigenvalue weighted by molar-refractivity contribution is 0.639. The summed E-state index contributed by atoms with van der Waals surface area (Å²) >= 11 is 5.57. The van der Waals surface area contributed by atoms with E-state index < -0.39 is 0 Å². The molecule has 2 fully saturated rings. The maximum absolute atomic E-state index is 4.76. The molecule has 1 aliphatic carbocycles. The van der Waals surface area contributed by atoms with Crippen LogP contribution in [-0.2, 0) is 0 Å². The van der Waals surface area contributed by atoms with Crippen LogP contribution in [0, 0.1) is 0 Å². The van der Waals surface area contributed by atoms with E-state index in [4.69, 9.17) is 4.98 Å². The van der Waals surface area contributed by atoms with Crippen LogP contribution in [0.15, 0.2) is 10.7 Å². The minimum atomic E-state index is 0.315. The zero-order valence-electron chi connectivity index (χ0n) is 10.8. The summed E-state index contributed by atoms with van der Waals surface area (Å²) in [6, 6.07) is 2.05. The molecule has 3 nitrogen and oxygen atoms in total. The normalized spacial score (nSPS) is 23.2. The minimum absolute atomic E-state index is 0.315. The minimum Gasteiger partial charge on any atom is -0.354 e. The molecule has 0 N–H and O–H groups in total. The average molecular weight is 328 g/mol. The Hall–Kier alpha value is -0.290. The van der Waals surface area contributed by atoms with Crippen LogP contribution < -0.4 is 4.90 Å². The zero-order valence-corrected chi connectivity index (χ0v) is 13.2. The molecular formula is C13H18BrN3S. The summed E-state index contributed by atoms with van der Waals surface area (Å²) in [5.74, 6) is 3.89. The largest absolute Gasteiger partial charge is 0.354 e. The van der Waals surface area contributed by atoms with E-state index in [1.807, 2.05) is 11.8 Å². The Morgan fingerprint density at radius 2 is 2.17 bits per heavy atom. The van der Waals surface area contributed by atoms with E-state index in [9.17, 15) is 0 Å². The first-order valence-electron chi connectivity index (χ1n) is 6.47. The van der Waals surface area contributed by atoms with Crippen molar-refractivity contribution in [1.29, 1.82) is 0 Å². The van der Waals surface area contributed by atoms with Crippen LogP contribution in [0.25, 0.3) is 0 Å². The molecule has 1 aromatic rings. The quantitative estimate of drug-likeness (QED) is 0.778. The maximum atomic E-state index is 4.76. The number of rotatable bonds is 2.